The van der Waals surface area contributed by atoms with Gasteiger partial charge in [-0.2, -0.15) is 0 Å². The van der Waals surface area contributed by atoms with Crippen molar-refractivity contribution >= 4 is 0 Å². The molecule has 18 heavy (non-hydrogen) atoms. The van der Waals surface area contributed by atoms with E-state index in [0.29, 0.717) is 19.8 Å². The highest BCUT2D eigenvalue weighted by molar-refractivity contribution is 5.48. The molecule has 1 aromatic rings. The first-order chi connectivity index (χ1) is 8.72. The van der Waals surface area contributed by atoms with Crippen molar-refractivity contribution in [3.8, 4) is 11.5 Å². The molecule has 2 heterocycles. The summed E-state index contributed by atoms with van der Waals surface area (Å²) in [6.45, 7) is 5.56. The molecule has 0 saturated carbocycles. The summed E-state index contributed by atoms with van der Waals surface area (Å²) in [4.78, 5) is 0. The van der Waals surface area contributed by atoms with Crippen LogP contribution < -0.4 is 15.2 Å². The lowest BCUT2D eigenvalue weighted by atomic mass is 9.79. The molecule has 2 N–H and O–H groups in total. The molecule has 2 aliphatic heterocycles. The average molecular weight is 249 g/mol. The van der Waals surface area contributed by atoms with Gasteiger partial charge in [0.15, 0.2) is 11.5 Å². The van der Waals surface area contributed by atoms with Crippen molar-refractivity contribution in [2.75, 3.05) is 33.0 Å². The van der Waals surface area contributed by atoms with Crippen molar-refractivity contribution in [2.24, 2.45) is 11.1 Å². The van der Waals surface area contributed by atoms with Gasteiger partial charge in [-0.15, -0.1) is 0 Å². The highest BCUT2D eigenvalue weighted by atomic mass is 16.6. The van der Waals surface area contributed by atoms with Crippen molar-refractivity contribution in [3.05, 3.63) is 23.3 Å². The SMILES string of the molecule is Cc1cc2c(cc1CC1(CN)COC1)OCCO2. The van der Waals surface area contributed by atoms with Crippen molar-refractivity contribution in [3.63, 3.8) is 0 Å². The van der Waals surface area contributed by atoms with Gasteiger partial charge in [0, 0.05) is 12.0 Å². The maximum atomic E-state index is 5.87. The van der Waals surface area contributed by atoms with Crippen LogP contribution in [0.1, 0.15) is 11.1 Å². The monoisotopic (exact) mass is 249 g/mol. The van der Waals surface area contributed by atoms with E-state index >= 15 is 0 Å². The van der Waals surface area contributed by atoms with E-state index in [2.05, 4.69) is 19.1 Å². The fourth-order valence-electron chi connectivity index (χ4n) is 2.51. The lowest BCUT2D eigenvalue weighted by Gasteiger charge is -2.41. The molecule has 0 aromatic heterocycles. The van der Waals surface area contributed by atoms with Gasteiger partial charge in [-0.1, -0.05) is 0 Å². The molecule has 0 radical (unpaired) electrons. The van der Waals surface area contributed by atoms with Gasteiger partial charge in [0.1, 0.15) is 13.2 Å². The van der Waals surface area contributed by atoms with Gasteiger partial charge >= 0.3 is 0 Å². The second kappa shape index (κ2) is 4.44. The molecule has 0 aliphatic carbocycles. The zero-order valence-corrected chi connectivity index (χ0v) is 10.7. The molecule has 3 rings (SSSR count). The molecule has 98 valence electrons. The zero-order valence-electron chi connectivity index (χ0n) is 10.7. The van der Waals surface area contributed by atoms with Crippen LogP contribution in [0, 0.1) is 12.3 Å². The van der Waals surface area contributed by atoms with Crippen LogP contribution in [0.4, 0.5) is 0 Å². The maximum Gasteiger partial charge on any atom is 0.161 e. The van der Waals surface area contributed by atoms with E-state index in [1.54, 1.807) is 0 Å². The summed E-state index contributed by atoms with van der Waals surface area (Å²) in [6.07, 6.45) is 0.950. The Morgan fingerprint density at radius 1 is 1.17 bits per heavy atom. The molecular formula is C14H19NO3. The van der Waals surface area contributed by atoms with Crippen LogP contribution in [0.25, 0.3) is 0 Å². The standard InChI is InChI=1S/C14H19NO3/c1-10-4-12-13(18-3-2-17-12)5-11(10)6-14(7-15)8-16-9-14/h4-5H,2-3,6-9,15H2,1H3. The van der Waals surface area contributed by atoms with Crippen molar-refractivity contribution < 1.29 is 14.2 Å². The lowest BCUT2D eigenvalue weighted by molar-refractivity contribution is -0.106. The smallest absolute Gasteiger partial charge is 0.161 e. The summed E-state index contributed by atoms with van der Waals surface area (Å²) in [5, 5.41) is 0. The Balaban J connectivity index is 1.87. The van der Waals surface area contributed by atoms with Gasteiger partial charge in [-0.05, 0) is 36.6 Å². The van der Waals surface area contributed by atoms with Crippen LogP contribution in [0.15, 0.2) is 12.1 Å². The van der Waals surface area contributed by atoms with E-state index < -0.39 is 0 Å². The number of aryl methyl sites for hydroxylation is 1. The Kier molecular flexibility index (Phi) is 2.92. The molecule has 4 nitrogen and oxygen atoms in total. The van der Waals surface area contributed by atoms with Gasteiger partial charge < -0.3 is 19.9 Å². The number of nitrogens with two attached hydrogens (primary N) is 1. The Labute approximate surface area is 107 Å². The second-order valence-electron chi connectivity index (χ2n) is 5.30. The van der Waals surface area contributed by atoms with Gasteiger partial charge in [-0.3, -0.25) is 0 Å². The van der Waals surface area contributed by atoms with Gasteiger partial charge in [0.2, 0.25) is 0 Å². The molecular weight excluding hydrogens is 230 g/mol. The summed E-state index contributed by atoms with van der Waals surface area (Å²) < 4.78 is 16.5. The minimum atomic E-state index is 0.120. The molecule has 0 spiro atoms. The third-order valence-electron chi connectivity index (χ3n) is 3.82. The Morgan fingerprint density at radius 2 is 1.83 bits per heavy atom. The van der Waals surface area contributed by atoms with Crippen LogP contribution in [0.3, 0.4) is 0 Å². The summed E-state index contributed by atoms with van der Waals surface area (Å²) in [6, 6.07) is 4.16. The first kappa shape index (κ1) is 11.8. The summed E-state index contributed by atoms with van der Waals surface area (Å²) >= 11 is 0. The zero-order chi connectivity index (χ0) is 12.6. The third kappa shape index (κ3) is 1.95. The predicted octanol–water partition coefficient (Wildman–Crippen LogP) is 1.28. The van der Waals surface area contributed by atoms with Gasteiger partial charge in [0.05, 0.1) is 13.2 Å². The van der Waals surface area contributed by atoms with Crippen LogP contribution in [0.5, 0.6) is 11.5 Å². The molecule has 0 bridgehead atoms. The Hall–Kier alpha value is -1.26. The van der Waals surface area contributed by atoms with Crippen LogP contribution in [-0.2, 0) is 11.2 Å². The van der Waals surface area contributed by atoms with E-state index in [1.807, 2.05) is 0 Å². The largest absolute Gasteiger partial charge is 0.486 e. The van der Waals surface area contributed by atoms with Crippen LogP contribution in [0.2, 0.25) is 0 Å². The van der Waals surface area contributed by atoms with Gasteiger partial charge in [0.25, 0.3) is 0 Å². The topological polar surface area (TPSA) is 53.7 Å². The fraction of sp³-hybridized carbons (Fsp3) is 0.571. The quantitative estimate of drug-likeness (QED) is 0.877. The number of hydrogen-bond donors (Lipinski definition) is 1. The summed E-state index contributed by atoms with van der Waals surface area (Å²) in [7, 11) is 0. The van der Waals surface area contributed by atoms with Crippen molar-refractivity contribution in [1.82, 2.24) is 0 Å². The maximum absolute atomic E-state index is 5.87. The Bertz CT molecular complexity index is 449. The molecule has 4 heteroatoms. The molecule has 0 amide bonds. The number of ether oxygens (including phenoxy) is 3. The second-order valence-corrected chi connectivity index (χ2v) is 5.30. The number of rotatable bonds is 3. The Morgan fingerprint density at radius 3 is 2.39 bits per heavy atom. The first-order valence-corrected chi connectivity index (χ1v) is 6.39. The van der Waals surface area contributed by atoms with E-state index in [4.69, 9.17) is 19.9 Å². The number of hydrogen-bond acceptors (Lipinski definition) is 4. The summed E-state index contributed by atoms with van der Waals surface area (Å²) in [5.41, 5.74) is 8.51. The summed E-state index contributed by atoms with van der Waals surface area (Å²) in [5.74, 6) is 1.71. The van der Waals surface area contributed by atoms with Crippen LogP contribution >= 0.6 is 0 Å². The molecule has 2 aliphatic rings. The average Bonchev–Trinajstić information content (AvgIpc) is 2.34. The minimum absolute atomic E-state index is 0.120. The highest BCUT2D eigenvalue weighted by Crippen LogP contribution is 2.37. The number of fused-ring (bicyclic) bond motifs is 1. The normalized spacial score (nSPS) is 20.3. The van der Waals surface area contributed by atoms with E-state index in [9.17, 15) is 0 Å². The van der Waals surface area contributed by atoms with E-state index in [0.717, 1.165) is 31.1 Å². The fourth-order valence-corrected chi connectivity index (χ4v) is 2.51. The van der Waals surface area contributed by atoms with Crippen LogP contribution in [-0.4, -0.2) is 33.0 Å². The molecule has 0 atom stereocenters. The molecule has 1 aromatic carbocycles. The predicted molar refractivity (Wildman–Crippen MR) is 68.2 cm³/mol. The molecule has 0 unspecified atom stereocenters. The number of benzene rings is 1. The van der Waals surface area contributed by atoms with Crippen molar-refractivity contribution in [1.29, 1.82) is 0 Å². The minimum Gasteiger partial charge on any atom is -0.486 e. The van der Waals surface area contributed by atoms with Crippen molar-refractivity contribution in [2.45, 2.75) is 13.3 Å². The first-order valence-electron chi connectivity index (χ1n) is 6.39. The van der Waals surface area contributed by atoms with E-state index in [1.165, 1.54) is 11.1 Å². The lowest BCUT2D eigenvalue weighted by Crippen LogP contribution is -2.49. The van der Waals surface area contributed by atoms with Gasteiger partial charge in [-0.25, -0.2) is 0 Å². The highest BCUT2D eigenvalue weighted by Gasteiger charge is 2.37. The third-order valence-corrected chi connectivity index (χ3v) is 3.82. The molecule has 1 saturated heterocycles. The van der Waals surface area contributed by atoms with E-state index in [-0.39, 0.29) is 5.41 Å². The molecule has 1 fully saturated rings.